The van der Waals surface area contributed by atoms with Crippen LogP contribution >= 0.6 is 0 Å². The summed E-state index contributed by atoms with van der Waals surface area (Å²) in [6.07, 6.45) is -0.309. The van der Waals surface area contributed by atoms with E-state index < -0.39 is 41.8 Å². The van der Waals surface area contributed by atoms with Gasteiger partial charge in [-0.3, -0.25) is 19.2 Å². The number of nitrogens with one attached hydrogen (secondary N) is 2. The maximum atomic E-state index is 13.0. The Kier molecular flexibility index (Phi) is 9.79. The minimum absolute atomic E-state index is 0.0466. The number of benzene rings is 1. The molecule has 6 N–H and O–H groups in total. The van der Waals surface area contributed by atoms with Crippen LogP contribution in [0.15, 0.2) is 30.3 Å². The number of ketones is 1. The number of hydrogen-bond acceptors (Lipinski definition) is 6. The summed E-state index contributed by atoms with van der Waals surface area (Å²) in [5, 5.41) is 5.10. The van der Waals surface area contributed by atoms with Crippen LogP contribution in [0.4, 0.5) is 4.79 Å². The van der Waals surface area contributed by atoms with Gasteiger partial charge in [0.15, 0.2) is 6.10 Å². The highest BCUT2D eigenvalue weighted by Crippen LogP contribution is 2.32. The maximum Gasteiger partial charge on any atom is 0.405 e. The standard InChI is InChI=1S/C25H36N4O6/c1-15(13-25(2,3)14-16-7-5-4-6-8-16)11-19(35-24(27)34)23(33)29-18(20(30)21(26)31)12-17-9-10-28-22(17)32/h4-8,15,17-19H,9-14H2,1-3H3,(H2,26,31)(H2,27,34)(H,28,32)(H,29,33)/t15?,17-,18?,19?/m0/s1. The summed E-state index contributed by atoms with van der Waals surface area (Å²) in [6.45, 7) is 6.62. The third kappa shape index (κ3) is 9.03. The van der Waals surface area contributed by atoms with Crippen molar-refractivity contribution in [3.63, 3.8) is 0 Å². The normalized spacial score (nSPS) is 18.1. The highest BCUT2D eigenvalue weighted by atomic mass is 16.6. The van der Waals surface area contributed by atoms with Gasteiger partial charge in [-0.15, -0.1) is 0 Å². The van der Waals surface area contributed by atoms with E-state index in [9.17, 15) is 24.0 Å². The van der Waals surface area contributed by atoms with Gasteiger partial charge < -0.3 is 26.8 Å². The Labute approximate surface area is 205 Å². The zero-order valence-corrected chi connectivity index (χ0v) is 20.5. The average molecular weight is 489 g/mol. The summed E-state index contributed by atoms with van der Waals surface area (Å²) in [4.78, 5) is 60.3. The van der Waals surface area contributed by atoms with Gasteiger partial charge in [0, 0.05) is 12.5 Å². The van der Waals surface area contributed by atoms with Gasteiger partial charge in [0.1, 0.15) is 0 Å². The van der Waals surface area contributed by atoms with Gasteiger partial charge in [0.25, 0.3) is 11.8 Å². The SMILES string of the molecule is CC(CC(OC(N)=O)C(=O)NC(C[C@@H]1CCNC1=O)C(=O)C(N)=O)CC(C)(C)Cc1ccccc1. The third-order valence-electron chi connectivity index (χ3n) is 6.15. The molecular weight excluding hydrogens is 452 g/mol. The molecule has 1 saturated heterocycles. The van der Waals surface area contributed by atoms with Gasteiger partial charge in [0.05, 0.1) is 6.04 Å². The Morgan fingerprint density at radius 3 is 2.37 bits per heavy atom. The first-order valence-corrected chi connectivity index (χ1v) is 11.8. The topological polar surface area (TPSA) is 171 Å². The van der Waals surface area contributed by atoms with E-state index in [1.807, 2.05) is 25.1 Å². The Bertz CT molecular complexity index is 933. The largest absolute Gasteiger partial charge is 0.436 e. The quantitative estimate of drug-likeness (QED) is 0.304. The molecule has 0 radical (unpaired) electrons. The molecule has 0 bridgehead atoms. The molecule has 4 atom stereocenters. The molecule has 1 aromatic rings. The van der Waals surface area contributed by atoms with Crippen LogP contribution in [0.5, 0.6) is 0 Å². The Morgan fingerprint density at radius 2 is 1.83 bits per heavy atom. The molecule has 10 heteroatoms. The molecule has 35 heavy (non-hydrogen) atoms. The summed E-state index contributed by atoms with van der Waals surface area (Å²) in [5.74, 6) is -3.87. The van der Waals surface area contributed by atoms with E-state index in [0.717, 1.165) is 12.8 Å². The van der Waals surface area contributed by atoms with Crippen molar-refractivity contribution in [2.45, 2.75) is 65.0 Å². The van der Waals surface area contributed by atoms with E-state index in [0.29, 0.717) is 13.0 Å². The molecule has 2 rings (SSSR count). The summed E-state index contributed by atoms with van der Waals surface area (Å²) < 4.78 is 5.07. The van der Waals surface area contributed by atoms with Crippen molar-refractivity contribution in [2.75, 3.05) is 6.54 Å². The lowest BCUT2D eigenvalue weighted by Crippen LogP contribution is -2.51. The van der Waals surface area contributed by atoms with Crippen molar-refractivity contribution in [3.05, 3.63) is 35.9 Å². The zero-order chi connectivity index (χ0) is 26.2. The molecule has 4 amide bonds. The molecule has 1 fully saturated rings. The number of rotatable bonds is 13. The van der Waals surface area contributed by atoms with Crippen LogP contribution in [0.1, 0.15) is 52.0 Å². The predicted octanol–water partition coefficient (Wildman–Crippen LogP) is 1.20. The summed E-state index contributed by atoms with van der Waals surface area (Å²) in [5.41, 5.74) is 11.4. The fraction of sp³-hybridized carbons (Fsp3) is 0.560. The molecule has 1 aromatic carbocycles. The number of carbonyl (C=O) groups excluding carboxylic acids is 5. The Hall–Kier alpha value is -3.43. The Morgan fingerprint density at radius 1 is 1.17 bits per heavy atom. The molecule has 0 aromatic heterocycles. The highest BCUT2D eigenvalue weighted by molar-refractivity contribution is 6.37. The number of nitrogens with two attached hydrogens (primary N) is 2. The smallest absolute Gasteiger partial charge is 0.405 e. The van der Waals surface area contributed by atoms with Crippen molar-refractivity contribution in [1.82, 2.24) is 10.6 Å². The number of hydrogen-bond donors (Lipinski definition) is 4. The molecule has 3 unspecified atom stereocenters. The molecule has 10 nitrogen and oxygen atoms in total. The van der Waals surface area contributed by atoms with Gasteiger partial charge >= 0.3 is 6.09 Å². The molecular formula is C25H36N4O6. The number of carbonyl (C=O) groups is 5. The number of primary amides is 2. The van der Waals surface area contributed by atoms with Crippen LogP contribution < -0.4 is 22.1 Å². The molecule has 1 aliphatic heterocycles. The van der Waals surface area contributed by atoms with Crippen LogP contribution in [0.2, 0.25) is 0 Å². The second-order valence-electron chi connectivity index (χ2n) is 10.1. The molecule has 1 heterocycles. The van der Waals surface area contributed by atoms with Crippen LogP contribution in [0, 0.1) is 17.3 Å². The average Bonchev–Trinajstić information content (AvgIpc) is 3.16. The van der Waals surface area contributed by atoms with E-state index in [-0.39, 0.29) is 30.1 Å². The lowest BCUT2D eigenvalue weighted by Gasteiger charge is -2.30. The van der Waals surface area contributed by atoms with E-state index in [2.05, 4.69) is 36.6 Å². The molecule has 1 aliphatic rings. The summed E-state index contributed by atoms with van der Waals surface area (Å²) in [7, 11) is 0. The van der Waals surface area contributed by atoms with E-state index >= 15 is 0 Å². The van der Waals surface area contributed by atoms with Crippen LogP contribution in [-0.4, -0.2) is 48.3 Å². The fourth-order valence-electron chi connectivity index (χ4n) is 4.78. The zero-order valence-electron chi connectivity index (χ0n) is 20.5. The van der Waals surface area contributed by atoms with E-state index in [1.54, 1.807) is 0 Å². The third-order valence-corrected chi connectivity index (χ3v) is 6.15. The van der Waals surface area contributed by atoms with Crippen molar-refractivity contribution in [1.29, 1.82) is 0 Å². The first-order valence-electron chi connectivity index (χ1n) is 11.8. The predicted molar refractivity (Wildman–Crippen MR) is 129 cm³/mol. The monoisotopic (exact) mass is 488 g/mol. The number of Topliss-reactive ketones (excluding diaryl/α,β-unsaturated/α-hetero) is 1. The van der Waals surface area contributed by atoms with E-state index in [4.69, 9.17) is 16.2 Å². The van der Waals surface area contributed by atoms with Gasteiger partial charge in [-0.05, 0) is 49.0 Å². The number of amides is 4. The van der Waals surface area contributed by atoms with Gasteiger partial charge in [-0.25, -0.2) is 4.79 Å². The van der Waals surface area contributed by atoms with Crippen molar-refractivity contribution in [3.8, 4) is 0 Å². The van der Waals surface area contributed by atoms with Crippen LogP contribution in [0.25, 0.3) is 0 Å². The Balaban J connectivity index is 2.08. The van der Waals surface area contributed by atoms with Crippen molar-refractivity contribution in [2.24, 2.45) is 28.7 Å². The fourth-order valence-corrected chi connectivity index (χ4v) is 4.78. The van der Waals surface area contributed by atoms with Crippen molar-refractivity contribution >= 4 is 29.6 Å². The lowest BCUT2D eigenvalue weighted by molar-refractivity contribution is -0.140. The van der Waals surface area contributed by atoms with Gasteiger partial charge in [0.2, 0.25) is 11.7 Å². The van der Waals surface area contributed by atoms with Crippen LogP contribution in [-0.2, 0) is 30.3 Å². The lowest BCUT2D eigenvalue weighted by atomic mass is 9.77. The first kappa shape index (κ1) is 27.8. The minimum Gasteiger partial charge on any atom is -0.436 e. The minimum atomic E-state index is -1.31. The van der Waals surface area contributed by atoms with E-state index in [1.165, 1.54) is 5.56 Å². The second-order valence-corrected chi connectivity index (χ2v) is 10.1. The molecule has 0 spiro atoms. The first-order chi connectivity index (χ1) is 16.4. The number of ether oxygens (including phenoxy) is 1. The van der Waals surface area contributed by atoms with Crippen LogP contribution in [0.3, 0.4) is 0 Å². The highest BCUT2D eigenvalue weighted by Gasteiger charge is 2.36. The van der Waals surface area contributed by atoms with Gasteiger partial charge in [-0.2, -0.15) is 0 Å². The summed E-state index contributed by atoms with van der Waals surface area (Å²) >= 11 is 0. The maximum absolute atomic E-state index is 13.0. The molecule has 0 saturated carbocycles. The second kappa shape index (κ2) is 12.3. The van der Waals surface area contributed by atoms with Gasteiger partial charge in [-0.1, -0.05) is 51.1 Å². The molecule has 0 aliphatic carbocycles. The van der Waals surface area contributed by atoms with Crippen molar-refractivity contribution < 1.29 is 28.7 Å². The summed E-state index contributed by atoms with van der Waals surface area (Å²) in [6, 6.07) is 8.72. The molecule has 192 valence electrons.